The highest BCUT2D eigenvalue weighted by Gasteiger charge is 2.44. The smallest absolute Gasteiger partial charge is 0.133 e. The Balaban J connectivity index is 1.50. The highest BCUT2D eigenvalue weighted by Crippen LogP contribution is 2.47. The van der Waals surface area contributed by atoms with Crippen molar-refractivity contribution < 1.29 is 9.90 Å². The van der Waals surface area contributed by atoms with Crippen molar-refractivity contribution in [2.24, 2.45) is 11.8 Å². The molecule has 1 saturated carbocycles. The van der Waals surface area contributed by atoms with E-state index in [4.69, 9.17) is 0 Å². The molecule has 0 bridgehead atoms. The number of aliphatic hydroxyl groups excluding tert-OH is 1. The van der Waals surface area contributed by atoms with Crippen LogP contribution in [0.2, 0.25) is 0 Å². The molecule has 2 fully saturated rings. The number of piperidine rings is 1. The molecule has 27 heavy (non-hydrogen) atoms. The summed E-state index contributed by atoms with van der Waals surface area (Å²) in [6.07, 6.45) is 3.78. The van der Waals surface area contributed by atoms with Crippen LogP contribution in [0.3, 0.4) is 0 Å². The number of hydrogen-bond acceptors (Lipinski definition) is 4. The Morgan fingerprint density at radius 3 is 2.93 bits per heavy atom. The van der Waals surface area contributed by atoms with E-state index in [1.807, 2.05) is 0 Å². The zero-order valence-corrected chi connectivity index (χ0v) is 16.7. The van der Waals surface area contributed by atoms with Gasteiger partial charge in [0.15, 0.2) is 0 Å². The number of carbonyl (C=O) groups is 1. The summed E-state index contributed by atoms with van der Waals surface area (Å²) in [7, 11) is 2.20. The van der Waals surface area contributed by atoms with Gasteiger partial charge >= 0.3 is 0 Å². The molecule has 0 spiro atoms. The predicted octanol–water partition coefficient (Wildman–Crippen LogP) is 3.29. The van der Waals surface area contributed by atoms with Crippen LogP contribution in [-0.4, -0.2) is 46.5 Å². The number of fused-ring (bicyclic) bond motifs is 2. The van der Waals surface area contributed by atoms with Crippen LogP contribution in [0.5, 0.6) is 0 Å². The number of aliphatic hydroxyl groups is 1. The SMILES string of the molecule is CN1CC(C(O)C2CCC(=O)C2)C[C@@H]2c3cccc4[nH]c(CS)c(c34)C[C@H]21. The van der Waals surface area contributed by atoms with Gasteiger partial charge in [0, 0.05) is 53.7 Å². The van der Waals surface area contributed by atoms with Crippen molar-refractivity contribution in [2.75, 3.05) is 13.6 Å². The number of aromatic nitrogens is 1. The summed E-state index contributed by atoms with van der Waals surface area (Å²) in [5.41, 5.74) is 5.33. The van der Waals surface area contributed by atoms with Crippen molar-refractivity contribution in [3.05, 3.63) is 35.0 Å². The van der Waals surface area contributed by atoms with Crippen molar-refractivity contribution in [3.8, 4) is 0 Å². The van der Waals surface area contributed by atoms with Gasteiger partial charge in [-0.2, -0.15) is 12.6 Å². The Kier molecular flexibility index (Phi) is 4.37. The molecule has 144 valence electrons. The maximum absolute atomic E-state index is 11.7. The van der Waals surface area contributed by atoms with Gasteiger partial charge in [-0.05, 0) is 55.3 Å². The molecule has 0 amide bonds. The average Bonchev–Trinajstić information content (AvgIpc) is 3.26. The van der Waals surface area contributed by atoms with Crippen LogP contribution in [0.25, 0.3) is 10.9 Å². The van der Waals surface area contributed by atoms with Crippen LogP contribution in [0.4, 0.5) is 0 Å². The number of nitrogens with one attached hydrogen (secondary N) is 1. The molecule has 5 heteroatoms. The number of nitrogens with zero attached hydrogens (tertiary/aromatic N) is 1. The minimum atomic E-state index is -0.361. The third-order valence-corrected chi connectivity index (χ3v) is 7.69. The van der Waals surface area contributed by atoms with E-state index in [9.17, 15) is 9.90 Å². The lowest BCUT2D eigenvalue weighted by Gasteiger charge is -2.47. The fraction of sp³-hybridized carbons (Fsp3) is 0.591. The van der Waals surface area contributed by atoms with Crippen LogP contribution < -0.4 is 0 Å². The molecule has 1 saturated heterocycles. The molecule has 2 heterocycles. The summed E-state index contributed by atoms with van der Waals surface area (Å²) in [4.78, 5) is 17.7. The molecular weight excluding hydrogens is 356 g/mol. The molecule has 5 atom stereocenters. The molecular formula is C22H28N2O2S. The van der Waals surface area contributed by atoms with Crippen LogP contribution >= 0.6 is 12.6 Å². The maximum atomic E-state index is 11.7. The highest BCUT2D eigenvalue weighted by atomic mass is 32.1. The number of aromatic amines is 1. The second-order valence-electron chi connectivity index (χ2n) is 8.86. The Morgan fingerprint density at radius 2 is 2.19 bits per heavy atom. The summed E-state index contributed by atoms with van der Waals surface area (Å²) in [6.45, 7) is 0.916. The molecule has 1 aromatic heterocycles. The molecule has 1 aliphatic heterocycles. The van der Waals surface area contributed by atoms with Gasteiger partial charge in [0.2, 0.25) is 0 Å². The van der Waals surface area contributed by atoms with E-state index >= 15 is 0 Å². The van der Waals surface area contributed by atoms with Gasteiger partial charge in [-0.15, -0.1) is 0 Å². The van der Waals surface area contributed by atoms with Crippen molar-refractivity contribution in [1.82, 2.24) is 9.88 Å². The number of ketones is 1. The van der Waals surface area contributed by atoms with E-state index in [1.54, 1.807) is 0 Å². The molecule has 2 N–H and O–H groups in total. The second-order valence-corrected chi connectivity index (χ2v) is 9.17. The van der Waals surface area contributed by atoms with Crippen molar-refractivity contribution in [3.63, 3.8) is 0 Å². The number of rotatable bonds is 3. The number of carbonyl (C=O) groups excluding carboxylic acids is 1. The van der Waals surface area contributed by atoms with Gasteiger partial charge in [0.25, 0.3) is 0 Å². The molecule has 3 unspecified atom stereocenters. The first kappa shape index (κ1) is 17.8. The van der Waals surface area contributed by atoms with Gasteiger partial charge in [0.05, 0.1) is 6.10 Å². The molecule has 2 aromatic rings. The number of H-pyrrole nitrogens is 1. The maximum Gasteiger partial charge on any atom is 0.133 e. The first-order chi connectivity index (χ1) is 13.1. The zero-order valence-electron chi connectivity index (χ0n) is 15.8. The first-order valence-electron chi connectivity index (χ1n) is 10.2. The molecule has 4 nitrogen and oxygen atoms in total. The third-order valence-electron chi connectivity index (χ3n) is 7.38. The predicted molar refractivity (Wildman–Crippen MR) is 110 cm³/mol. The van der Waals surface area contributed by atoms with Gasteiger partial charge in [-0.25, -0.2) is 0 Å². The summed E-state index contributed by atoms with van der Waals surface area (Å²) in [5, 5.41) is 12.4. The first-order valence-corrected chi connectivity index (χ1v) is 10.8. The second kappa shape index (κ2) is 6.64. The van der Waals surface area contributed by atoms with Gasteiger partial charge in [-0.1, -0.05) is 12.1 Å². The molecule has 1 aromatic carbocycles. The number of benzene rings is 1. The monoisotopic (exact) mass is 384 g/mol. The molecule has 3 aliphatic rings. The molecule has 0 radical (unpaired) electrons. The van der Waals surface area contributed by atoms with Crippen LogP contribution in [-0.2, 0) is 17.0 Å². The minimum Gasteiger partial charge on any atom is -0.392 e. The lowest BCUT2D eigenvalue weighted by molar-refractivity contribution is -0.118. The summed E-state index contributed by atoms with van der Waals surface area (Å²) < 4.78 is 0. The van der Waals surface area contributed by atoms with E-state index in [1.165, 1.54) is 27.7 Å². The van der Waals surface area contributed by atoms with Crippen molar-refractivity contribution in [1.29, 1.82) is 0 Å². The van der Waals surface area contributed by atoms with Crippen LogP contribution in [0, 0.1) is 11.8 Å². The number of Topliss-reactive ketones (excluding diaryl/α,β-unsaturated/α-hetero) is 1. The molecule has 5 rings (SSSR count). The van der Waals surface area contributed by atoms with Gasteiger partial charge in [-0.3, -0.25) is 4.79 Å². The quantitative estimate of drug-likeness (QED) is 0.712. The highest BCUT2D eigenvalue weighted by molar-refractivity contribution is 7.79. The standard InChI is InChI=1S/C22H28N2O2S/c1-24-10-13(22(26)12-5-6-14(25)7-12)8-16-15-3-2-4-18-21(15)17(9-20(16)24)19(11-27)23-18/h2-4,12-13,16,20,22-23,26-27H,5-11H2,1H3/t12?,13?,16-,20-,22?/m1/s1. The van der Waals surface area contributed by atoms with Crippen molar-refractivity contribution in [2.45, 2.75) is 55.9 Å². The number of likely N-dealkylation sites (N-methyl/N-ethyl adjacent to an activating group) is 1. The fourth-order valence-electron chi connectivity index (χ4n) is 6.05. The van der Waals surface area contributed by atoms with E-state index in [0.29, 0.717) is 30.6 Å². The Morgan fingerprint density at radius 1 is 1.33 bits per heavy atom. The number of thiol groups is 1. The minimum absolute atomic E-state index is 0.158. The Bertz CT molecular complexity index is 892. The summed E-state index contributed by atoms with van der Waals surface area (Å²) in [6, 6.07) is 7.07. The normalized spacial score (nSPS) is 32.0. The van der Waals surface area contributed by atoms with E-state index in [0.717, 1.165) is 31.6 Å². The average molecular weight is 385 g/mol. The number of hydrogen-bond donors (Lipinski definition) is 3. The van der Waals surface area contributed by atoms with Crippen LogP contribution in [0.15, 0.2) is 18.2 Å². The topological polar surface area (TPSA) is 56.3 Å². The van der Waals surface area contributed by atoms with E-state index in [-0.39, 0.29) is 17.9 Å². The van der Waals surface area contributed by atoms with Crippen molar-refractivity contribution >= 4 is 29.3 Å². The van der Waals surface area contributed by atoms with E-state index in [2.05, 4.69) is 47.8 Å². The Hall–Kier alpha value is -1.30. The van der Waals surface area contributed by atoms with Gasteiger partial charge < -0.3 is 15.0 Å². The largest absolute Gasteiger partial charge is 0.392 e. The zero-order chi connectivity index (χ0) is 18.7. The van der Waals surface area contributed by atoms with E-state index < -0.39 is 0 Å². The summed E-state index contributed by atoms with van der Waals surface area (Å²) in [5.74, 6) is 1.90. The summed E-state index contributed by atoms with van der Waals surface area (Å²) >= 11 is 4.54. The lowest BCUT2D eigenvalue weighted by atomic mass is 9.70. The fourth-order valence-corrected chi connectivity index (χ4v) is 6.32. The lowest BCUT2D eigenvalue weighted by Crippen LogP contribution is -2.51. The third kappa shape index (κ3) is 2.78. The Labute approximate surface area is 165 Å². The van der Waals surface area contributed by atoms with Crippen LogP contribution in [0.1, 0.15) is 48.4 Å². The van der Waals surface area contributed by atoms with Gasteiger partial charge in [0.1, 0.15) is 5.78 Å². The number of likely N-dealkylation sites (tertiary alicyclic amines) is 1. The molecule has 2 aliphatic carbocycles.